The molecule has 7 heteroatoms. The molecule has 0 saturated heterocycles. The van der Waals surface area contributed by atoms with E-state index >= 15 is 0 Å². The van der Waals surface area contributed by atoms with Crippen LogP contribution >= 0.6 is 23.8 Å². The summed E-state index contributed by atoms with van der Waals surface area (Å²) < 4.78 is 1.55. The van der Waals surface area contributed by atoms with E-state index in [2.05, 4.69) is 15.4 Å². The van der Waals surface area contributed by atoms with Gasteiger partial charge in [-0.2, -0.15) is 10.1 Å². The Morgan fingerprint density at radius 1 is 1.35 bits per heavy atom. The highest BCUT2D eigenvalue weighted by Gasteiger charge is 2.05. The summed E-state index contributed by atoms with van der Waals surface area (Å²) in [6.07, 6.45) is 0. The molecule has 0 unspecified atom stereocenters. The first-order chi connectivity index (χ1) is 9.45. The fourth-order valence-corrected chi connectivity index (χ4v) is 2.03. The number of aryl methyl sites for hydroxylation is 2. The molecule has 0 aliphatic carbocycles. The maximum atomic E-state index is 5.89. The minimum absolute atomic E-state index is 0.224. The Morgan fingerprint density at radius 3 is 2.55 bits per heavy atom. The number of thiocarbonyl (C=S) groups is 1. The zero-order valence-corrected chi connectivity index (χ0v) is 12.7. The molecule has 0 saturated carbocycles. The molecule has 0 aliphatic heterocycles. The minimum Gasteiger partial charge on any atom is -0.368 e. The molecule has 1 heterocycles. The maximum absolute atomic E-state index is 5.89. The van der Waals surface area contributed by atoms with Gasteiger partial charge < -0.3 is 11.1 Å². The summed E-state index contributed by atoms with van der Waals surface area (Å²) in [6.45, 7) is 3.79. The normalized spacial score (nSPS) is 11.4. The van der Waals surface area contributed by atoms with Gasteiger partial charge in [0.1, 0.15) is 0 Å². The predicted molar refractivity (Wildman–Crippen MR) is 86.4 cm³/mol. The quantitative estimate of drug-likeness (QED) is 0.483. The lowest BCUT2D eigenvalue weighted by Gasteiger charge is -2.06. The molecule has 104 valence electrons. The summed E-state index contributed by atoms with van der Waals surface area (Å²) in [5, 5.41) is 8.12. The van der Waals surface area contributed by atoms with Gasteiger partial charge in [0, 0.05) is 16.4 Å². The number of aliphatic imine (C=N–C) groups is 1. The van der Waals surface area contributed by atoms with Gasteiger partial charge in [0.05, 0.1) is 5.69 Å². The van der Waals surface area contributed by atoms with Crippen molar-refractivity contribution >= 4 is 40.6 Å². The second-order valence-corrected chi connectivity index (χ2v) is 5.07. The van der Waals surface area contributed by atoms with Crippen molar-refractivity contribution in [1.29, 1.82) is 0 Å². The van der Waals surface area contributed by atoms with Crippen LogP contribution in [0, 0.1) is 13.8 Å². The van der Waals surface area contributed by atoms with Crippen molar-refractivity contribution in [1.82, 2.24) is 9.78 Å². The van der Waals surface area contributed by atoms with Gasteiger partial charge in [0.15, 0.2) is 0 Å². The van der Waals surface area contributed by atoms with Gasteiger partial charge in [0.25, 0.3) is 0 Å². The van der Waals surface area contributed by atoms with Crippen LogP contribution in [0.15, 0.2) is 35.3 Å². The summed E-state index contributed by atoms with van der Waals surface area (Å²) >= 11 is 11.0. The number of nitrogens with one attached hydrogen (secondary N) is 1. The molecule has 0 spiro atoms. The van der Waals surface area contributed by atoms with Gasteiger partial charge in [-0.3, -0.25) is 0 Å². The van der Waals surface area contributed by atoms with Gasteiger partial charge in [0.2, 0.25) is 11.1 Å². The Bertz CT molecular complexity index is 660. The molecule has 1 aromatic heterocycles. The van der Waals surface area contributed by atoms with Crippen molar-refractivity contribution in [2.24, 2.45) is 10.7 Å². The SMILES string of the molecule is Cc1cc(C)n(/C(N)=N/C(=S)Nc2ccc(Cl)cc2)n1. The smallest absolute Gasteiger partial charge is 0.224 e. The highest BCUT2D eigenvalue weighted by Crippen LogP contribution is 2.13. The van der Waals surface area contributed by atoms with E-state index < -0.39 is 0 Å². The van der Waals surface area contributed by atoms with E-state index in [4.69, 9.17) is 29.6 Å². The van der Waals surface area contributed by atoms with Crippen molar-refractivity contribution in [3.63, 3.8) is 0 Å². The van der Waals surface area contributed by atoms with Crippen molar-refractivity contribution in [3.8, 4) is 0 Å². The number of hydrogen-bond acceptors (Lipinski definition) is 2. The van der Waals surface area contributed by atoms with E-state index in [0.29, 0.717) is 5.02 Å². The van der Waals surface area contributed by atoms with Gasteiger partial charge in [-0.05, 0) is 56.4 Å². The standard InChI is InChI=1S/C13H14ClN5S/c1-8-7-9(2)19(18-8)12(15)17-13(20)16-11-5-3-10(14)4-6-11/h3-7H,1-2H3,(H3,15,16,17,20). The van der Waals surface area contributed by atoms with E-state index in [1.807, 2.05) is 32.0 Å². The molecule has 0 radical (unpaired) electrons. The lowest BCUT2D eigenvalue weighted by atomic mass is 10.3. The molecule has 1 aromatic carbocycles. The molecule has 0 aliphatic rings. The first kappa shape index (κ1) is 14.5. The molecule has 0 bridgehead atoms. The van der Waals surface area contributed by atoms with Crippen molar-refractivity contribution in [2.75, 3.05) is 5.32 Å². The van der Waals surface area contributed by atoms with Crippen LogP contribution in [0.2, 0.25) is 5.02 Å². The molecule has 0 atom stereocenters. The topological polar surface area (TPSA) is 68.2 Å². The summed E-state index contributed by atoms with van der Waals surface area (Å²) in [5.74, 6) is 0.224. The van der Waals surface area contributed by atoms with Crippen LogP contribution in [-0.4, -0.2) is 20.9 Å². The van der Waals surface area contributed by atoms with Crippen LogP contribution in [0.3, 0.4) is 0 Å². The monoisotopic (exact) mass is 307 g/mol. The molecule has 0 amide bonds. The van der Waals surface area contributed by atoms with Gasteiger partial charge >= 0.3 is 0 Å². The number of halogens is 1. The largest absolute Gasteiger partial charge is 0.368 e. The molecule has 2 aromatic rings. The zero-order chi connectivity index (χ0) is 14.7. The Morgan fingerprint density at radius 2 is 2.00 bits per heavy atom. The molecular weight excluding hydrogens is 294 g/mol. The Kier molecular flexibility index (Phi) is 4.36. The minimum atomic E-state index is 0.224. The molecule has 20 heavy (non-hydrogen) atoms. The number of rotatable bonds is 1. The number of nitrogens with two attached hydrogens (primary N) is 1. The third-order valence-electron chi connectivity index (χ3n) is 2.54. The van der Waals surface area contributed by atoms with E-state index in [9.17, 15) is 0 Å². The second kappa shape index (κ2) is 6.02. The third-order valence-corrected chi connectivity index (χ3v) is 2.98. The van der Waals surface area contributed by atoms with Crippen LogP contribution < -0.4 is 11.1 Å². The van der Waals surface area contributed by atoms with E-state index in [-0.39, 0.29) is 11.1 Å². The average Bonchev–Trinajstić information content (AvgIpc) is 2.71. The summed E-state index contributed by atoms with van der Waals surface area (Å²) in [7, 11) is 0. The van der Waals surface area contributed by atoms with Crippen molar-refractivity contribution in [3.05, 3.63) is 46.7 Å². The third kappa shape index (κ3) is 3.55. The molecule has 0 fully saturated rings. The summed E-state index contributed by atoms with van der Waals surface area (Å²) in [6, 6.07) is 9.06. The van der Waals surface area contributed by atoms with Gasteiger partial charge in [-0.15, -0.1) is 0 Å². The lowest BCUT2D eigenvalue weighted by Crippen LogP contribution is -2.27. The highest BCUT2D eigenvalue weighted by atomic mass is 35.5. The van der Waals surface area contributed by atoms with Crippen LogP contribution in [0.5, 0.6) is 0 Å². The number of nitrogens with zero attached hydrogens (tertiary/aromatic N) is 3. The fourth-order valence-electron chi connectivity index (χ4n) is 1.70. The van der Waals surface area contributed by atoms with Crippen LogP contribution in [-0.2, 0) is 0 Å². The number of benzene rings is 1. The molecule has 3 N–H and O–H groups in total. The lowest BCUT2D eigenvalue weighted by molar-refractivity contribution is 0.872. The second-order valence-electron chi connectivity index (χ2n) is 4.25. The van der Waals surface area contributed by atoms with Gasteiger partial charge in [-0.25, -0.2) is 4.68 Å². The Balaban J connectivity index is 2.12. The number of hydrogen-bond donors (Lipinski definition) is 2. The maximum Gasteiger partial charge on any atom is 0.224 e. The van der Waals surface area contributed by atoms with E-state index in [1.54, 1.807) is 16.8 Å². The van der Waals surface area contributed by atoms with Crippen molar-refractivity contribution < 1.29 is 0 Å². The zero-order valence-electron chi connectivity index (χ0n) is 11.1. The number of aromatic nitrogens is 2. The first-order valence-corrected chi connectivity index (χ1v) is 6.68. The van der Waals surface area contributed by atoms with Crippen LogP contribution in [0.1, 0.15) is 11.4 Å². The molecular formula is C13H14ClN5S. The molecule has 5 nitrogen and oxygen atoms in total. The predicted octanol–water partition coefficient (Wildman–Crippen LogP) is 2.71. The van der Waals surface area contributed by atoms with Gasteiger partial charge in [-0.1, -0.05) is 11.6 Å². The van der Waals surface area contributed by atoms with Crippen molar-refractivity contribution in [2.45, 2.75) is 13.8 Å². The molecule has 2 rings (SSSR count). The Hall–Kier alpha value is -1.92. The fraction of sp³-hybridized carbons (Fsp3) is 0.154. The van der Waals surface area contributed by atoms with Crippen LogP contribution in [0.4, 0.5) is 5.69 Å². The summed E-state index contributed by atoms with van der Waals surface area (Å²) in [5.41, 5.74) is 8.46. The first-order valence-electron chi connectivity index (χ1n) is 5.90. The Labute approximate surface area is 127 Å². The summed E-state index contributed by atoms with van der Waals surface area (Å²) in [4.78, 5) is 4.12. The van der Waals surface area contributed by atoms with Crippen LogP contribution in [0.25, 0.3) is 0 Å². The van der Waals surface area contributed by atoms with E-state index in [1.165, 1.54) is 0 Å². The van der Waals surface area contributed by atoms with E-state index in [0.717, 1.165) is 17.1 Å². The average molecular weight is 308 g/mol. The highest BCUT2D eigenvalue weighted by molar-refractivity contribution is 7.80. The number of anilines is 1.